The molecule has 1 aliphatic rings. The summed E-state index contributed by atoms with van der Waals surface area (Å²) < 4.78 is 10.3. The van der Waals surface area contributed by atoms with Gasteiger partial charge in [0.25, 0.3) is 5.22 Å². The number of amides is 1. The van der Waals surface area contributed by atoms with Gasteiger partial charge < -0.3 is 14.1 Å². The van der Waals surface area contributed by atoms with Crippen molar-refractivity contribution in [1.29, 1.82) is 0 Å². The van der Waals surface area contributed by atoms with Crippen molar-refractivity contribution in [2.45, 2.75) is 10.5 Å². The van der Waals surface area contributed by atoms with Gasteiger partial charge in [-0.25, -0.2) is 0 Å². The summed E-state index contributed by atoms with van der Waals surface area (Å²) in [5, 5.41) is 8.55. The number of halogens is 1. The molecule has 1 fully saturated rings. The van der Waals surface area contributed by atoms with Gasteiger partial charge in [-0.3, -0.25) is 9.59 Å². The number of ether oxygens (including phenoxy) is 1. The normalized spacial score (nSPS) is 17.2. The van der Waals surface area contributed by atoms with Crippen molar-refractivity contribution in [3.63, 3.8) is 0 Å². The molecule has 0 aliphatic carbocycles. The number of rotatable bonds is 5. The van der Waals surface area contributed by atoms with Crippen LogP contribution in [0.5, 0.6) is 0 Å². The number of carbonyl (C=O) groups excluding carboxylic acids is 2. The molecule has 1 aromatic carbocycles. The average Bonchev–Trinajstić information content (AvgIpc) is 3.15. The highest BCUT2D eigenvalue weighted by Gasteiger charge is 2.29. The molecule has 10 heteroatoms. The standard InChI is InChI=1S/C16H16ClN3O4S2/c1-23-15(22)12-8-20(6-7-25-12)13(21)9-26-16-19-18-14(24-16)10-2-4-11(17)5-3-10/h2-5,12H,6-9H2,1H3/t12-/m0/s1. The number of methoxy groups -OCH3 is 1. The van der Waals surface area contributed by atoms with E-state index in [2.05, 4.69) is 10.2 Å². The monoisotopic (exact) mass is 413 g/mol. The Hall–Kier alpha value is -1.71. The number of carbonyl (C=O) groups is 2. The molecule has 0 bridgehead atoms. The maximum Gasteiger partial charge on any atom is 0.320 e. The Labute approximate surface area is 163 Å². The lowest BCUT2D eigenvalue weighted by Gasteiger charge is -2.30. The zero-order valence-electron chi connectivity index (χ0n) is 13.9. The lowest BCUT2D eigenvalue weighted by atomic mass is 10.2. The lowest BCUT2D eigenvalue weighted by molar-refractivity contribution is -0.141. The van der Waals surface area contributed by atoms with E-state index in [1.54, 1.807) is 29.2 Å². The van der Waals surface area contributed by atoms with Crippen LogP contribution in [0.25, 0.3) is 11.5 Å². The van der Waals surface area contributed by atoms with Crippen molar-refractivity contribution in [2.75, 3.05) is 31.7 Å². The minimum atomic E-state index is -0.331. The Kier molecular flexibility index (Phi) is 6.44. The molecular formula is C16H16ClN3O4S2. The molecule has 2 heterocycles. The Bertz CT molecular complexity index is 784. The van der Waals surface area contributed by atoms with Gasteiger partial charge in [0.2, 0.25) is 11.8 Å². The van der Waals surface area contributed by atoms with Gasteiger partial charge in [-0.2, -0.15) is 0 Å². The highest BCUT2D eigenvalue weighted by molar-refractivity contribution is 8.00. The van der Waals surface area contributed by atoms with Crippen LogP contribution in [0.15, 0.2) is 33.9 Å². The van der Waals surface area contributed by atoms with Crippen LogP contribution < -0.4 is 0 Å². The molecule has 1 aliphatic heterocycles. The second-order valence-electron chi connectivity index (χ2n) is 5.39. The second-order valence-corrected chi connectivity index (χ2v) is 8.06. The van der Waals surface area contributed by atoms with Gasteiger partial charge in [0.15, 0.2) is 0 Å². The van der Waals surface area contributed by atoms with Crippen molar-refractivity contribution in [3.05, 3.63) is 29.3 Å². The quantitative estimate of drug-likeness (QED) is 0.546. The summed E-state index contributed by atoms with van der Waals surface area (Å²) in [6.07, 6.45) is 0. The van der Waals surface area contributed by atoms with E-state index in [9.17, 15) is 9.59 Å². The number of thioether (sulfide) groups is 2. The Morgan fingerprint density at radius 3 is 2.88 bits per heavy atom. The predicted molar refractivity (Wildman–Crippen MR) is 100 cm³/mol. The average molecular weight is 414 g/mol. The molecule has 1 amide bonds. The Balaban J connectivity index is 1.55. The number of nitrogens with zero attached hydrogens (tertiary/aromatic N) is 3. The fourth-order valence-electron chi connectivity index (χ4n) is 2.34. The summed E-state index contributed by atoms with van der Waals surface area (Å²) in [5.41, 5.74) is 0.758. The van der Waals surface area contributed by atoms with Crippen LogP contribution in [-0.4, -0.2) is 63.9 Å². The lowest BCUT2D eigenvalue weighted by Crippen LogP contribution is -2.45. The SMILES string of the molecule is COC(=O)[C@@H]1CN(C(=O)CSc2nnc(-c3ccc(Cl)cc3)o2)CCS1. The van der Waals surface area contributed by atoms with Crippen LogP contribution in [0, 0.1) is 0 Å². The Morgan fingerprint density at radius 2 is 2.15 bits per heavy atom. The molecule has 0 N–H and O–H groups in total. The van der Waals surface area contributed by atoms with E-state index in [1.807, 2.05) is 0 Å². The van der Waals surface area contributed by atoms with Crippen LogP contribution >= 0.6 is 35.1 Å². The summed E-state index contributed by atoms with van der Waals surface area (Å²) in [6.45, 7) is 0.966. The molecule has 3 rings (SSSR count). The maximum absolute atomic E-state index is 12.4. The third kappa shape index (κ3) is 4.72. The number of hydrogen-bond acceptors (Lipinski definition) is 8. The summed E-state index contributed by atoms with van der Waals surface area (Å²) in [4.78, 5) is 25.7. The van der Waals surface area contributed by atoms with Crippen molar-refractivity contribution in [1.82, 2.24) is 15.1 Å². The minimum absolute atomic E-state index is 0.0737. The van der Waals surface area contributed by atoms with E-state index < -0.39 is 0 Å². The van der Waals surface area contributed by atoms with Crippen LogP contribution in [0.3, 0.4) is 0 Å². The first-order chi connectivity index (χ1) is 12.6. The van der Waals surface area contributed by atoms with E-state index in [0.717, 1.165) is 5.56 Å². The first-order valence-corrected chi connectivity index (χ1v) is 10.2. The van der Waals surface area contributed by atoms with Gasteiger partial charge in [-0.05, 0) is 24.3 Å². The molecule has 0 unspecified atom stereocenters. The van der Waals surface area contributed by atoms with E-state index in [-0.39, 0.29) is 22.9 Å². The molecule has 1 aromatic heterocycles. The van der Waals surface area contributed by atoms with Crippen LogP contribution in [0.2, 0.25) is 5.02 Å². The summed E-state index contributed by atoms with van der Waals surface area (Å²) in [7, 11) is 1.35. The van der Waals surface area contributed by atoms with E-state index >= 15 is 0 Å². The van der Waals surface area contributed by atoms with Crippen LogP contribution in [-0.2, 0) is 14.3 Å². The minimum Gasteiger partial charge on any atom is -0.468 e. The number of benzene rings is 1. The van der Waals surface area contributed by atoms with E-state index in [4.69, 9.17) is 20.8 Å². The molecule has 1 atom stereocenters. The highest BCUT2D eigenvalue weighted by atomic mass is 35.5. The summed E-state index contributed by atoms with van der Waals surface area (Å²) >= 11 is 8.54. The van der Waals surface area contributed by atoms with Crippen molar-refractivity contribution >= 4 is 47.0 Å². The van der Waals surface area contributed by atoms with Gasteiger partial charge >= 0.3 is 5.97 Å². The van der Waals surface area contributed by atoms with Crippen molar-refractivity contribution in [2.24, 2.45) is 0 Å². The van der Waals surface area contributed by atoms with Crippen molar-refractivity contribution < 1.29 is 18.7 Å². The van der Waals surface area contributed by atoms with Gasteiger partial charge in [-0.1, -0.05) is 23.4 Å². The van der Waals surface area contributed by atoms with Gasteiger partial charge in [0.1, 0.15) is 5.25 Å². The molecule has 1 saturated heterocycles. The molecule has 26 heavy (non-hydrogen) atoms. The van der Waals surface area contributed by atoms with Crippen LogP contribution in [0.1, 0.15) is 0 Å². The molecule has 7 nitrogen and oxygen atoms in total. The molecular weight excluding hydrogens is 398 g/mol. The third-order valence-electron chi connectivity index (χ3n) is 3.70. The first-order valence-electron chi connectivity index (χ1n) is 7.76. The first kappa shape index (κ1) is 19.1. The van der Waals surface area contributed by atoms with E-state index in [1.165, 1.54) is 30.6 Å². The molecule has 0 radical (unpaired) electrons. The third-order valence-corrected chi connectivity index (χ3v) is 5.92. The number of aromatic nitrogens is 2. The van der Waals surface area contributed by atoms with Gasteiger partial charge in [0, 0.05) is 29.4 Å². The number of esters is 1. The topological polar surface area (TPSA) is 85.5 Å². The fourth-order valence-corrected chi connectivity index (χ4v) is 4.26. The predicted octanol–water partition coefficient (Wildman–Crippen LogP) is 2.60. The summed E-state index contributed by atoms with van der Waals surface area (Å²) in [6, 6.07) is 7.05. The second kappa shape index (κ2) is 8.79. The molecule has 138 valence electrons. The van der Waals surface area contributed by atoms with Crippen LogP contribution in [0.4, 0.5) is 0 Å². The molecule has 0 saturated carbocycles. The van der Waals surface area contributed by atoms with Gasteiger partial charge in [0.05, 0.1) is 12.9 Å². The summed E-state index contributed by atoms with van der Waals surface area (Å²) in [5.74, 6) is 0.870. The zero-order valence-corrected chi connectivity index (χ0v) is 16.3. The van der Waals surface area contributed by atoms with E-state index in [0.29, 0.717) is 35.0 Å². The maximum atomic E-state index is 12.4. The highest BCUT2D eigenvalue weighted by Crippen LogP contribution is 2.25. The largest absolute Gasteiger partial charge is 0.468 e. The van der Waals surface area contributed by atoms with Gasteiger partial charge in [-0.15, -0.1) is 22.0 Å². The van der Waals surface area contributed by atoms with Crippen molar-refractivity contribution in [3.8, 4) is 11.5 Å². The molecule has 0 spiro atoms. The Morgan fingerprint density at radius 1 is 1.38 bits per heavy atom. The number of hydrogen-bond donors (Lipinski definition) is 0. The molecule has 2 aromatic rings. The zero-order chi connectivity index (χ0) is 18.5. The fraction of sp³-hybridized carbons (Fsp3) is 0.375. The smallest absolute Gasteiger partial charge is 0.320 e.